The Bertz CT molecular complexity index is 329. The topological polar surface area (TPSA) is 66.0 Å². The van der Waals surface area contributed by atoms with E-state index >= 15 is 0 Å². The van der Waals surface area contributed by atoms with Gasteiger partial charge in [0.25, 0.3) is 0 Å². The molecule has 0 saturated carbocycles. The lowest BCUT2D eigenvalue weighted by Gasteiger charge is -2.19. The Morgan fingerprint density at radius 3 is 2.76 bits per heavy atom. The molecule has 2 N–H and O–H groups in total. The first-order valence-corrected chi connectivity index (χ1v) is 6.22. The summed E-state index contributed by atoms with van der Waals surface area (Å²) in [6.07, 6.45) is 3.91. The molecule has 0 fully saturated rings. The lowest BCUT2D eigenvalue weighted by molar-refractivity contribution is -0.00805. The molecule has 1 aromatic rings. The fourth-order valence-electron chi connectivity index (χ4n) is 1.50. The summed E-state index contributed by atoms with van der Waals surface area (Å²) in [7, 11) is 0. The van der Waals surface area contributed by atoms with E-state index in [1.165, 1.54) is 0 Å². The van der Waals surface area contributed by atoms with E-state index in [4.69, 9.17) is 10.5 Å². The van der Waals surface area contributed by atoms with Gasteiger partial charge in [0.2, 0.25) is 0 Å². The van der Waals surface area contributed by atoms with E-state index in [0.717, 1.165) is 18.5 Å². The molecule has 1 unspecified atom stereocenters. The molecule has 0 aliphatic rings. The Morgan fingerprint density at radius 1 is 1.47 bits per heavy atom. The number of hydrogen-bond acceptors (Lipinski definition) is 4. The third-order valence-corrected chi connectivity index (χ3v) is 2.39. The normalized spacial score (nSPS) is 13.9. The first kappa shape index (κ1) is 14.1. The molecule has 0 amide bonds. The zero-order valence-electron chi connectivity index (χ0n) is 11.3. The number of hydrogen-bond donors (Lipinski definition) is 1. The van der Waals surface area contributed by atoms with E-state index in [1.807, 2.05) is 27.0 Å². The van der Waals surface area contributed by atoms with Crippen molar-refractivity contribution in [3.8, 4) is 0 Å². The molecule has 0 aliphatic carbocycles. The van der Waals surface area contributed by atoms with Gasteiger partial charge in [0.1, 0.15) is 0 Å². The Morgan fingerprint density at radius 2 is 2.18 bits per heavy atom. The summed E-state index contributed by atoms with van der Waals surface area (Å²) in [5.41, 5.74) is 6.72. The highest BCUT2D eigenvalue weighted by molar-refractivity contribution is 4.99. The van der Waals surface area contributed by atoms with Gasteiger partial charge in [-0.05, 0) is 27.2 Å². The van der Waals surface area contributed by atoms with Crippen molar-refractivity contribution in [3.05, 3.63) is 11.9 Å². The Kier molecular flexibility index (Phi) is 5.08. The molecule has 0 aliphatic heterocycles. The second-order valence-electron chi connectivity index (χ2n) is 5.26. The summed E-state index contributed by atoms with van der Waals surface area (Å²) in [5.74, 6) is 0. The summed E-state index contributed by atoms with van der Waals surface area (Å²) in [6.45, 7) is 9.57. The van der Waals surface area contributed by atoms with Gasteiger partial charge in [-0.25, -0.2) is 4.68 Å². The van der Waals surface area contributed by atoms with Gasteiger partial charge >= 0.3 is 0 Å². The summed E-state index contributed by atoms with van der Waals surface area (Å²) in [4.78, 5) is 0. The van der Waals surface area contributed by atoms with E-state index in [2.05, 4.69) is 17.2 Å². The maximum Gasteiger partial charge on any atom is 0.0994 e. The van der Waals surface area contributed by atoms with Gasteiger partial charge in [0.05, 0.1) is 36.7 Å². The van der Waals surface area contributed by atoms with Crippen LogP contribution >= 0.6 is 0 Å². The average molecular weight is 240 g/mol. The summed E-state index contributed by atoms with van der Waals surface area (Å²) in [5, 5.41) is 8.13. The number of ether oxygens (including phenoxy) is 1. The SMILES string of the molecule is CCCC(N)c1cn(CCOC(C)(C)C)nn1. The molecule has 98 valence electrons. The van der Waals surface area contributed by atoms with Gasteiger partial charge < -0.3 is 10.5 Å². The molecule has 0 radical (unpaired) electrons. The smallest absolute Gasteiger partial charge is 0.0994 e. The van der Waals surface area contributed by atoms with Crippen LogP contribution in [0.3, 0.4) is 0 Å². The molecule has 1 atom stereocenters. The van der Waals surface area contributed by atoms with Gasteiger partial charge in [0.15, 0.2) is 0 Å². The van der Waals surface area contributed by atoms with Crippen LogP contribution < -0.4 is 5.73 Å². The third kappa shape index (κ3) is 5.28. The van der Waals surface area contributed by atoms with Crippen molar-refractivity contribution in [3.63, 3.8) is 0 Å². The third-order valence-electron chi connectivity index (χ3n) is 2.39. The molecular weight excluding hydrogens is 216 g/mol. The van der Waals surface area contributed by atoms with Crippen molar-refractivity contribution in [1.82, 2.24) is 15.0 Å². The number of nitrogens with two attached hydrogens (primary N) is 1. The quantitative estimate of drug-likeness (QED) is 0.824. The minimum absolute atomic E-state index is 0.00251. The van der Waals surface area contributed by atoms with Crippen LogP contribution in [0.4, 0.5) is 0 Å². The highest BCUT2D eigenvalue weighted by atomic mass is 16.5. The minimum Gasteiger partial charge on any atom is -0.374 e. The van der Waals surface area contributed by atoms with Gasteiger partial charge in [-0.2, -0.15) is 0 Å². The second-order valence-corrected chi connectivity index (χ2v) is 5.26. The van der Waals surface area contributed by atoms with Crippen molar-refractivity contribution in [1.29, 1.82) is 0 Å². The van der Waals surface area contributed by atoms with Crippen molar-refractivity contribution < 1.29 is 4.74 Å². The lowest BCUT2D eigenvalue weighted by Crippen LogP contribution is -2.22. The van der Waals surface area contributed by atoms with Crippen LogP contribution in [-0.4, -0.2) is 27.2 Å². The molecule has 5 nitrogen and oxygen atoms in total. The maximum atomic E-state index is 5.97. The molecule has 17 heavy (non-hydrogen) atoms. The maximum absolute atomic E-state index is 5.97. The average Bonchev–Trinajstić information content (AvgIpc) is 2.65. The lowest BCUT2D eigenvalue weighted by atomic mass is 10.1. The van der Waals surface area contributed by atoms with Crippen molar-refractivity contribution in [2.75, 3.05) is 6.61 Å². The molecule has 0 spiro atoms. The molecule has 0 bridgehead atoms. The van der Waals surface area contributed by atoms with Gasteiger partial charge in [0, 0.05) is 0 Å². The molecule has 0 aromatic carbocycles. The zero-order chi connectivity index (χ0) is 12.9. The van der Waals surface area contributed by atoms with E-state index in [9.17, 15) is 0 Å². The Balaban J connectivity index is 2.40. The summed E-state index contributed by atoms with van der Waals surface area (Å²) in [6, 6.07) is -0.00251. The number of aromatic nitrogens is 3. The predicted octanol–water partition coefficient (Wildman–Crippen LogP) is 1.89. The van der Waals surface area contributed by atoms with E-state index in [1.54, 1.807) is 4.68 Å². The van der Waals surface area contributed by atoms with Crippen LogP contribution in [0.15, 0.2) is 6.20 Å². The fraction of sp³-hybridized carbons (Fsp3) is 0.833. The van der Waals surface area contributed by atoms with Crippen molar-refractivity contribution in [2.45, 2.75) is 58.7 Å². The molecule has 1 rings (SSSR count). The van der Waals surface area contributed by atoms with Crippen LogP contribution in [0.2, 0.25) is 0 Å². The van der Waals surface area contributed by atoms with Crippen molar-refractivity contribution in [2.24, 2.45) is 5.73 Å². The standard InChI is InChI=1S/C12H24N4O/c1-5-6-10(13)11-9-16(15-14-11)7-8-17-12(2,3)4/h9-10H,5-8,13H2,1-4H3. The van der Waals surface area contributed by atoms with E-state index in [-0.39, 0.29) is 11.6 Å². The monoisotopic (exact) mass is 240 g/mol. The number of rotatable bonds is 6. The summed E-state index contributed by atoms with van der Waals surface area (Å²) >= 11 is 0. The molecule has 0 saturated heterocycles. The minimum atomic E-state index is -0.109. The molecule has 5 heteroatoms. The largest absolute Gasteiger partial charge is 0.374 e. The predicted molar refractivity (Wildman–Crippen MR) is 67.6 cm³/mol. The molecular formula is C12H24N4O. The highest BCUT2D eigenvalue weighted by Gasteiger charge is 2.11. The van der Waals surface area contributed by atoms with Gasteiger partial charge in [-0.1, -0.05) is 18.6 Å². The van der Waals surface area contributed by atoms with E-state index in [0.29, 0.717) is 13.2 Å². The van der Waals surface area contributed by atoms with Crippen LogP contribution in [0.5, 0.6) is 0 Å². The number of nitrogens with zero attached hydrogens (tertiary/aromatic N) is 3. The van der Waals surface area contributed by atoms with Gasteiger partial charge in [-0.3, -0.25) is 0 Å². The Labute approximate surface area is 103 Å². The van der Waals surface area contributed by atoms with Crippen LogP contribution in [0.1, 0.15) is 52.3 Å². The Hall–Kier alpha value is -0.940. The van der Waals surface area contributed by atoms with Gasteiger partial charge in [-0.15, -0.1) is 5.10 Å². The molecule has 1 heterocycles. The molecule has 1 aromatic heterocycles. The van der Waals surface area contributed by atoms with Crippen LogP contribution in [0, 0.1) is 0 Å². The second kappa shape index (κ2) is 6.12. The first-order valence-electron chi connectivity index (χ1n) is 6.22. The zero-order valence-corrected chi connectivity index (χ0v) is 11.3. The highest BCUT2D eigenvalue weighted by Crippen LogP contribution is 2.12. The fourth-order valence-corrected chi connectivity index (χ4v) is 1.50. The van der Waals surface area contributed by atoms with Crippen LogP contribution in [-0.2, 0) is 11.3 Å². The van der Waals surface area contributed by atoms with Crippen LogP contribution in [0.25, 0.3) is 0 Å². The first-order chi connectivity index (χ1) is 7.92. The van der Waals surface area contributed by atoms with Crippen molar-refractivity contribution >= 4 is 0 Å². The summed E-state index contributed by atoms with van der Waals surface area (Å²) < 4.78 is 7.42. The van der Waals surface area contributed by atoms with E-state index < -0.39 is 0 Å².